The number of hydrogen-bond acceptors (Lipinski definition) is 2. The van der Waals surface area contributed by atoms with Gasteiger partial charge in [0.1, 0.15) is 0 Å². The number of nitrogens with zero attached hydrogens (tertiary/aromatic N) is 1. The lowest BCUT2D eigenvalue weighted by atomic mass is 10.3. The minimum absolute atomic E-state index is 0.211. The number of aryl methyl sites for hydroxylation is 1. The maximum absolute atomic E-state index is 6.63. The Hall–Kier alpha value is -1.43. The molecule has 0 saturated carbocycles. The topological polar surface area (TPSA) is 43.5 Å². The zero-order chi connectivity index (χ0) is 6.85. The van der Waals surface area contributed by atoms with Gasteiger partial charge in [-0.3, -0.25) is 0 Å². The summed E-state index contributed by atoms with van der Waals surface area (Å²) in [4.78, 5) is 3.16. The van der Waals surface area contributed by atoms with Gasteiger partial charge in [0.25, 0.3) is 5.69 Å². The third kappa shape index (κ3) is 0.745. The first-order chi connectivity index (χ1) is 4.25. The van der Waals surface area contributed by atoms with Gasteiger partial charge in [-0.2, -0.15) is 0 Å². The minimum atomic E-state index is 0.211. The van der Waals surface area contributed by atoms with Gasteiger partial charge < -0.3 is 10.2 Å². The van der Waals surface area contributed by atoms with Crippen LogP contribution in [-0.4, -0.2) is 0 Å². The molecule has 0 aromatic carbocycles. The molecule has 1 rings (SSSR count). The molecule has 1 aromatic rings. The Morgan fingerprint density at radius 2 is 2.44 bits per heavy atom. The van der Waals surface area contributed by atoms with Crippen molar-refractivity contribution in [2.24, 2.45) is 0 Å². The highest BCUT2D eigenvalue weighted by Crippen LogP contribution is 2.27. The Balaban J connectivity index is 3.27. The molecule has 46 valence electrons. The predicted octanol–water partition coefficient (Wildman–Crippen LogP) is 1.72. The molecule has 0 bridgehead atoms. The zero-order valence-corrected chi connectivity index (χ0v) is 5.01. The van der Waals surface area contributed by atoms with Crippen molar-refractivity contribution in [2.45, 2.75) is 6.92 Å². The van der Waals surface area contributed by atoms with Crippen molar-refractivity contribution in [3.05, 3.63) is 23.2 Å². The highest BCUT2D eigenvalue weighted by Gasteiger charge is 2.04. The van der Waals surface area contributed by atoms with E-state index in [9.17, 15) is 0 Å². The van der Waals surface area contributed by atoms with E-state index in [-0.39, 0.29) is 5.88 Å². The van der Waals surface area contributed by atoms with Crippen molar-refractivity contribution < 1.29 is 4.42 Å². The Morgan fingerprint density at radius 1 is 1.78 bits per heavy atom. The highest BCUT2D eigenvalue weighted by molar-refractivity contribution is 5.65. The van der Waals surface area contributed by atoms with Crippen LogP contribution in [-0.2, 0) is 0 Å². The van der Waals surface area contributed by atoms with E-state index in [1.165, 1.54) is 6.26 Å². The molecule has 0 amide bonds. The fourth-order valence-corrected chi connectivity index (χ4v) is 0.601. The molecule has 0 aliphatic heterocycles. The maximum atomic E-state index is 6.63. The van der Waals surface area contributed by atoms with E-state index in [0.29, 0.717) is 5.69 Å². The minimum Gasteiger partial charge on any atom is -0.460 e. The first-order valence-electron chi connectivity index (χ1n) is 2.46. The van der Waals surface area contributed by atoms with E-state index in [1.807, 2.05) is 0 Å². The lowest BCUT2D eigenvalue weighted by Crippen LogP contribution is -1.77. The van der Waals surface area contributed by atoms with Crippen molar-refractivity contribution in [3.8, 4) is 0 Å². The van der Waals surface area contributed by atoms with Gasteiger partial charge in [-0.25, -0.2) is 4.85 Å². The van der Waals surface area contributed by atoms with Gasteiger partial charge in [0.05, 0.1) is 12.8 Å². The molecule has 3 heteroatoms. The van der Waals surface area contributed by atoms with Crippen LogP contribution >= 0.6 is 0 Å². The molecular formula is C6H6N2O. The lowest BCUT2D eigenvalue weighted by Gasteiger charge is -1.81. The molecule has 3 nitrogen and oxygen atoms in total. The van der Waals surface area contributed by atoms with Crippen molar-refractivity contribution in [1.82, 2.24) is 0 Å². The molecule has 0 aliphatic rings. The van der Waals surface area contributed by atoms with Crippen LogP contribution in [0.1, 0.15) is 5.56 Å². The number of nitrogens with two attached hydrogens (primary N) is 1. The number of furan rings is 1. The van der Waals surface area contributed by atoms with Crippen LogP contribution in [0.25, 0.3) is 4.85 Å². The molecule has 0 unspecified atom stereocenters. The third-order valence-electron chi connectivity index (χ3n) is 1.08. The number of hydrogen-bond donors (Lipinski definition) is 1. The summed E-state index contributed by atoms with van der Waals surface area (Å²) in [7, 11) is 0. The van der Waals surface area contributed by atoms with Gasteiger partial charge in [0, 0.05) is 0 Å². The largest absolute Gasteiger partial charge is 0.460 e. The lowest BCUT2D eigenvalue weighted by molar-refractivity contribution is 0.586. The van der Waals surface area contributed by atoms with Gasteiger partial charge in [-0.05, 0) is 12.5 Å². The maximum Gasteiger partial charge on any atom is 0.250 e. The number of rotatable bonds is 0. The Morgan fingerprint density at radius 3 is 2.67 bits per heavy atom. The Bertz CT molecular complexity index is 237. The molecule has 9 heavy (non-hydrogen) atoms. The average molecular weight is 122 g/mol. The summed E-state index contributed by atoms with van der Waals surface area (Å²) in [6, 6.07) is 0. The van der Waals surface area contributed by atoms with Crippen LogP contribution in [0, 0.1) is 13.5 Å². The van der Waals surface area contributed by atoms with Crippen molar-refractivity contribution in [1.29, 1.82) is 0 Å². The second kappa shape index (κ2) is 1.82. The molecule has 0 atom stereocenters. The van der Waals surface area contributed by atoms with Crippen LogP contribution < -0.4 is 5.73 Å². The molecular weight excluding hydrogens is 116 g/mol. The zero-order valence-electron chi connectivity index (χ0n) is 5.01. The highest BCUT2D eigenvalue weighted by atomic mass is 16.3. The molecule has 0 spiro atoms. The van der Waals surface area contributed by atoms with Crippen molar-refractivity contribution >= 4 is 11.6 Å². The van der Waals surface area contributed by atoms with Crippen LogP contribution in [0.2, 0.25) is 0 Å². The average Bonchev–Trinajstić information content (AvgIpc) is 2.12. The summed E-state index contributed by atoms with van der Waals surface area (Å²) >= 11 is 0. The summed E-state index contributed by atoms with van der Waals surface area (Å²) in [5.74, 6) is 0.211. The SMILES string of the molecule is [C-]#[N+]c1c(C)coc1N. The van der Waals surface area contributed by atoms with Crippen molar-refractivity contribution in [2.75, 3.05) is 5.73 Å². The number of anilines is 1. The van der Waals surface area contributed by atoms with Gasteiger partial charge >= 0.3 is 0 Å². The summed E-state index contributed by atoms with van der Waals surface area (Å²) in [6.45, 7) is 8.41. The van der Waals surface area contributed by atoms with E-state index in [4.69, 9.17) is 16.7 Å². The third-order valence-corrected chi connectivity index (χ3v) is 1.08. The number of nitrogen functional groups attached to an aromatic ring is 1. The van der Waals surface area contributed by atoms with Crippen LogP contribution in [0.3, 0.4) is 0 Å². The van der Waals surface area contributed by atoms with E-state index in [2.05, 4.69) is 4.85 Å². The normalized spacial score (nSPS) is 8.89. The van der Waals surface area contributed by atoms with E-state index >= 15 is 0 Å². The first-order valence-corrected chi connectivity index (χ1v) is 2.46. The fourth-order valence-electron chi connectivity index (χ4n) is 0.601. The quantitative estimate of drug-likeness (QED) is 0.532. The van der Waals surface area contributed by atoms with Gasteiger partial charge in [-0.15, -0.1) is 0 Å². The summed E-state index contributed by atoms with van der Waals surface area (Å²) in [6.07, 6.45) is 1.47. The van der Waals surface area contributed by atoms with Gasteiger partial charge in [0.15, 0.2) is 5.88 Å². The first kappa shape index (κ1) is 5.70. The van der Waals surface area contributed by atoms with Crippen LogP contribution in [0.15, 0.2) is 10.7 Å². The summed E-state index contributed by atoms with van der Waals surface area (Å²) in [5, 5.41) is 0. The second-order valence-corrected chi connectivity index (χ2v) is 1.74. The molecule has 1 aromatic heterocycles. The summed E-state index contributed by atoms with van der Waals surface area (Å²) in [5.41, 5.74) is 6.49. The van der Waals surface area contributed by atoms with Crippen LogP contribution in [0.4, 0.5) is 11.6 Å². The van der Waals surface area contributed by atoms with E-state index < -0.39 is 0 Å². The smallest absolute Gasteiger partial charge is 0.250 e. The molecule has 0 aliphatic carbocycles. The monoisotopic (exact) mass is 122 g/mol. The fraction of sp³-hybridized carbons (Fsp3) is 0.167. The standard InChI is InChI=1S/C6H6N2O/c1-4-3-9-6(7)5(4)8-2/h3H,7H2,1H3. The van der Waals surface area contributed by atoms with Crippen LogP contribution in [0.5, 0.6) is 0 Å². The van der Waals surface area contributed by atoms with Crippen molar-refractivity contribution in [3.63, 3.8) is 0 Å². The predicted molar refractivity (Wildman–Crippen MR) is 34.1 cm³/mol. The van der Waals surface area contributed by atoms with E-state index in [0.717, 1.165) is 5.56 Å². The van der Waals surface area contributed by atoms with Gasteiger partial charge in [-0.1, -0.05) is 0 Å². The Labute approximate surface area is 52.9 Å². The molecule has 1 heterocycles. The molecule has 0 radical (unpaired) electrons. The Kier molecular flexibility index (Phi) is 1.16. The second-order valence-electron chi connectivity index (χ2n) is 1.74. The molecule has 2 N–H and O–H groups in total. The molecule has 0 fully saturated rings. The molecule has 0 saturated heterocycles. The van der Waals surface area contributed by atoms with E-state index in [1.54, 1.807) is 6.92 Å². The summed E-state index contributed by atoms with van der Waals surface area (Å²) < 4.78 is 4.75. The van der Waals surface area contributed by atoms with Gasteiger partial charge in [0.2, 0.25) is 0 Å².